The first-order valence-corrected chi connectivity index (χ1v) is 7.36. The summed E-state index contributed by atoms with van der Waals surface area (Å²) in [6.45, 7) is 3.36. The molecule has 0 fully saturated rings. The van der Waals surface area contributed by atoms with Gasteiger partial charge in [-0.05, 0) is 45.3 Å². The number of carbonyl (C=O) groups is 1. The molecule has 0 spiro atoms. The molecule has 0 saturated carbocycles. The van der Waals surface area contributed by atoms with Crippen molar-refractivity contribution in [2.45, 2.75) is 6.92 Å². The summed E-state index contributed by atoms with van der Waals surface area (Å²) < 4.78 is 0. The Labute approximate surface area is 130 Å². The van der Waals surface area contributed by atoms with E-state index < -0.39 is 0 Å². The Morgan fingerprint density at radius 3 is 2.73 bits per heavy atom. The van der Waals surface area contributed by atoms with Crippen LogP contribution in [0, 0.1) is 6.92 Å². The molecule has 0 aliphatic carbocycles. The summed E-state index contributed by atoms with van der Waals surface area (Å²) in [5.74, 6) is 0.617. The van der Waals surface area contributed by atoms with E-state index in [4.69, 9.17) is 0 Å². The second-order valence-electron chi connectivity index (χ2n) is 5.75. The molecule has 5 nitrogen and oxygen atoms in total. The van der Waals surface area contributed by atoms with E-state index >= 15 is 0 Å². The summed E-state index contributed by atoms with van der Waals surface area (Å²) in [5, 5.41) is 3.30. The van der Waals surface area contributed by atoms with E-state index in [1.807, 2.05) is 62.3 Å². The quantitative estimate of drug-likeness (QED) is 0.946. The summed E-state index contributed by atoms with van der Waals surface area (Å²) in [5.41, 5.74) is 3.30. The third-order valence-corrected chi connectivity index (χ3v) is 3.73. The number of anilines is 3. The van der Waals surface area contributed by atoms with Crippen molar-refractivity contribution < 1.29 is 4.79 Å². The number of hydrogen-bond acceptors (Lipinski definition) is 4. The molecule has 22 heavy (non-hydrogen) atoms. The van der Waals surface area contributed by atoms with Crippen LogP contribution in [0.5, 0.6) is 0 Å². The first kappa shape index (κ1) is 14.5. The first-order valence-electron chi connectivity index (χ1n) is 7.36. The number of para-hydroxylation sites is 2. The van der Waals surface area contributed by atoms with E-state index in [9.17, 15) is 4.79 Å². The molecule has 1 aromatic carbocycles. The Kier molecular flexibility index (Phi) is 3.81. The van der Waals surface area contributed by atoms with Crippen molar-refractivity contribution in [2.24, 2.45) is 0 Å². The predicted molar refractivity (Wildman–Crippen MR) is 88.9 cm³/mol. The first-order chi connectivity index (χ1) is 10.6. The van der Waals surface area contributed by atoms with E-state index in [1.54, 1.807) is 0 Å². The van der Waals surface area contributed by atoms with Gasteiger partial charge in [-0.25, -0.2) is 4.98 Å². The minimum absolute atomic E-state index is 0.0122. The number of hydrogen-bond donors (Lipinski definition) is 1. The second kappa shape index (κ2) is 5.77. The van der Waals surface area contributed by atoms with Crippen LogP contribution in [0.2, 0.25) is 0 Å². The molecule has 2 heterocycles. The van der Waals surface area contributed by atoms with E-state index in [2.05, 4.69) is 15.2 Å². The summed E-state index contributed by atoms with van der Waals surface area (Å²) in [4.78, 5) is 21.3. The number of aromatic nitrogens is 1. The topological polar surface area (TPSA) is 48.5 Å². The molecule has 1 aliphatic rings. The number of carbonyl (C=O) groups excluding carboxylic acids is 1. The van der Waals surface area contributed by atoms with Crippen LogP contribution < -0.4 is 10.2 Å². The number of fused-ring (bicyclic) bond motifs is 2. The standard InChI is InChI=1S/C17H20N4O/c1-12-8-9-13-16(18-12)19-14-6-4-5-7-15(14)21(17(13)22)11-10-20(2)3/h4-9H,10-11H2,1-3H3,(H,18,19). The van der Waals surface area contributed by atoms with Crippen LogP contribution in [-0.4, -0.2) is 43.0 Å². The number of nitrogens with zero attached hydrogens (tertiary/aromatic N) is 3. The fourth-order valence-electron chi connectivity index (χ4n) is 2.54. The van der Waals surface area contributed by atoms with Gasteiger partial charge in [-0.3, -0.25) is 4.79 Å². The number of nitrogens with one attached hydrogen (secondary N) is 1. The normalized spacial score (nSPS) is 13.5. The molecule has 0 unspecified atom stereocenters. The van der Waals surface area contributed by atoms with E-state index in [0.29, 0.717) is 17.9 Å². The van der Waals surface area contributed by atoms with Crippen LogP contribution >= 0.6 is 0 Å². The minimum atomic E-state index is -0.0122. The molecule has 2 aromatic rings. The lowest BCUT2D eigenvalue weighted by Crippen LogP contribution is -2.36. The largest absolute Gasteiger partial charge is 0.338 e. The van der Waals surface area contributed by atoms with Crippen LogP contribution in [0.3, 0.4) is 0 Å². The second-order valence-corrected chi connectivity index (χ2v) is 5.75. The molecular weight excluding hydrogens is 276 g/mol. The number of aryl methyl sites for hydroxylation is 1. The van der Waals surface area contributed by atoms with Crippen LogP contribution in [0.4, 0.5) is 17.2 Å². The van der Waals surface area contributed by atoms with Crippen molar-refractivity contribution in [1.29, 1.82) is 0 Å². The van der Waals surface area contributed by atoms with Crippen molar-refractivity contribution in [1.82, 2.24) is 9.88 Å². The molecule has 3 rings (SSSR count). The van der Waals surface area contributed by atoms with Crippen molar-refractivity contribution >= 4 is 23.1 Å². The summed E-state index contributed by atoms with van der Waals surface area (Å²) in [7, 11) is 4.01. The molecule has 1 aromatic heterocycles. The number of likely N-dealkylation sites (N-methyl/N-ethyl adjacent to an activating group) is 1. The van der Waals surface area contributed by atoms with Crippen molar-refractivity contribution in [3.8, 4) is 0 Å². The van der Waals surface area contributed by atoms with Gasteiger partial charge in [0.1, 0.15) is 5.82 Å². The van der Waals surface area contributed by atoms with Crippen molar-refractivity contribution in [2.75, 3.05) is 37.4 Å². The molecule has 5 heteroatoms. The Balaban J connectivity index is 2.09. The highest BCUT2D eigenvalue weighted by Crippen LogP contribution is 2.34. The highest BCUT2D eigenvalue weighted by atomic mass is 16.2. The van der Waals surface area contributed by atoms with Crippen LogP contribution in [-0.2, 0) is 0 Å². The molecule has 1 amide bonds. The van der Waals surface area contributed by atoms with E-state index in [0.717, 1.165) is 23.6 Å². The molecule has 0 radical (unpaired) electrons. The molecule has 0 atom stereocenters. The Morgan fingerprint density at radius 2 is 1.95 bits per heavy atom. The van der Waals surface area contributed by atoms with Gasteiger partial charge in [0.25, 0.3) is 5.91 Å². The Hall–Kier alpha value is -2.40. The lowest BCUT2D eigenvalue weighted by atomic mass is 10.2. The smallest absolute Gasteiger partial charge is 0.262 e. The van der Waals surface area contributed by atoms with Crippen LogP contribution in [0.15, 0.2) is 36.4 Å². The summed E-state index contributed by atoms with van der Waals surface area (Å²) in [6.07, 6.45) is 0. The van der Waals surface area contributed by atoms with Gasteiger partial charge >= 0.3 is 0 Å². The van der Waals surface area contributed by atoms with E-state index in [-0.39, 0.29) is 5.91 Å². The van der Waals surface area contributed by atoms with Gasteiger partial charge in [-0.15, -0.1) is 0 Å². The Morgan fingerprint density at radius 1 is 1.18 bits per heavy atom. The molecular formula is C17H20N4O. The maximum atomic E-state index is 13.0. The van der Waals surface area contributed by atoms with Gasteiger partial charge in [-0.1, -0.05) is 12.1 Å². The average molecular weight is 296 g/mol. The zero-order valence-electron chi connectivity index (χ0n) is 13.1. The van der Waals surface area contributed by atoms with Crippen molar-refractivity contribution in [3.63, 3.8) is 0 Å². The monoisotopic (exact) mass is 296 g/mol. The lowest BCUT2D eigenvalue weighted by Gasteiger charge is -2.24. The highest BCUT2D eigenvalue weighted by Gasteiger charge is 2.27. The Bertz CT molecular complexity index is 712. The number of amides is 1. The maximum absolute atomic E-state index is 13.0. The summed E-state index contributed by atoms with van der Waals surface area (Å²) >= 11 is 0. The fraction of sp³-hybridized carbons (Fsp3) is 0.294. The third kappa shape index (κ3) is 2.67. The SMILES string of the molecule is Cc1ccc2c(n1)Nc1ccccc1N(CCN(C)C)C2=O. The number of rotatable bonds is 3. The third-order valence-electron chi connectivity index (χ3n) is 3.73. The van der Waals surface area contributed by atoms with Gasteiger partial charge in [0, 0.05) is 18.8 Å². The van der Waals surface area contributed by atoms with Gasteiger partial charge in [0.15, 0.2) is 0 Å². The van der Waals surface area contributed by atoms with Gasteiger partial charge in [0.2, 0.25) is 0 Å². The zero-order chi connectivity index (χ0) is 15.7. The van der Waals surface area contributed by atoms with Crippen LogP contribution in [0.25, 0.3) is 0 Å². The molecule has 0 saturated heterocycles. The number of benzene rings is 1. The fourth-order valence-corrected chi connectivity index (χ4v) is 2.54. The molecule has 0 bridgehead atoms. The lowest BCUT2D eigenvalue weighted by molar-refractivity contribution is 0.0986. The summed E-state index contributed by atoms with van der Waals surface area (Å²) in [6, 6.07) is 11.6. The molecule has 1 aliphatic heterocycles. The maximum Gasteiger partial charge on any atom is 0.262 e. The molecule has 114 valence electrons. The average Bonchev–Trinajstić information content (AvgIpc) is 2.59. The zero-order valence-corrected chi connectivity index (χ0v) is 13.1. The minimum Gasteiger partial charge on any atom is -0.338 e. The van der Waals surface area contributed by atoms with Crippen LogP contribution in [0.1, 0.15) is 16.1 Å². The predicted octanol–water partition coefficient (Wildman–Crippen LogP) is 2.66. The van der Waals surface area contributed by atoms with Gasteiger partial charge < -0.3 is 15.1 Å². The molecule has 1 N–H and O–H groups in total. The van der Waals surface area contributed by atoms with E-state index in [1.165, 1.54) is 0 Å². The van der Waals surface area contributed by atoms with Gasteiger partial charge in [0.05, 0.1) is 16.9 Å². The van der Waals surface area contributed by atoms with Crippen molar-refractivity contribution in [3.05, 3.63) is 47.7 Å². The van der Waals surface area contributed by atoms with Gasteiger partial charge in [-0.2, -0.15) is 0 Å². The number of pyridine rings is 1. The highest BCUT2D eigenvalue weighted by molar-refractivity contribution is 6.12.